The first-order valence-corrected chi connectivity index (χ1v) is 12.1. The van der Waals surface area contributed by atoms with E-state index in [1.54, 1.807) is 48.5 Å². The molecule has 198 valence electrons. The fourth-order valence-electron chi connectivity index (χ4n) is 4.03. The summed E-state index contributed by atoms with van der Waals surface area (Å²) in [6, 6.07) is 24.4. The first-order valence-electron chi connectivity index (χ1n) is 12.1. The maximum Gasteiger partial charge on any atom is 0.338 e. The normalized spacial score (nSPS) is 22.7. The minimum atomic E-state index is -1.94. The Morgan fingerprint density at radius 3 is 1.97 bits per heavy atom. The van der Waals surface area contributed by atoms with Crippen LogP contribution in [-0.2, 0) is 30.3 Å². The summed E-state index contributed by atoms with van der Waals surface area (Å²) in [5, 5.41) is 2.60. The lowest BCUT2D eigenvalue weighted by atomic mass is 9.97. The third-order valence-electron chi connectivity index (χ3n) is 5.89. The second-order valence-corrected chi connectivity index (χ2v) is 8.71. The van der Waals surface area contributed by atoms with Gasteiger partial charge in [-0.15, -0.1) is 0 Å². The molecule has 8 nitrogen and oxygen atoms in total. The van der Waals surface area contributed by atoms with Gasteiger partial charge in [0.2, 0.25) is 5.91 Å². The zero-order valence-corrected chi connectivity index (χ0v) is 20.7. The average molecular weight is 522 g/mol. The van der Waals surface area contributed by atoms with E-state index in [9.17, 15) is 14.4 Å². The summed E-state index contributed by atoms with van der Waals surface area (Å²) in [5.74, 6) is -1.93. The van der Waals surface area contributed by atoms with Gasteiger partial charge in [-0.2, -0.15) is 0 Å². The van der Waals surface area contributed by atoms with Crippen molar-refractivity contribution in [3.8, 4) is 0 Å². The Morgan fingerprint density at radius 2 is 1.39 bits per heavy atom. The Labute approximate surface area is 219 Å². The first kappa shape index (κ1) is 27.0. The molecule has 0 bridgehead atoms. The van der Waals surface area contributed by atoms with Crippen LogP contribution in [0, 0.1) is 0 Å². The summed E-state index contributed by atoms with van der Waals surface area (Å²) in [7, 11) is 0. The highest BCUT2D eigenvalue weighted by atomic mass is 19.1. The lowest BCUT2D eigenvalue weighted by Crippen LogP contribution is -2.64. The van der Waals surface area contributed by atoms with Crippen LogP contribution in [0.3, 0.4) is 0 Å². The van der Waals surface area contributed by atoms with Gasteiger partial charge in [-0.25, -0.2) is 14.0 Å². The molecule has 1 N–H and O–H groups in total. The molecule has 0 saturated carbocycles. The van der Waals surface area contributed by atoms with Crippen LogP contribution >= 0.6 is 0 Å². The van der Waals surface area contributed by atoms with Crippen LogP contribution < -0.4 is 5.32 Å². The van der Waals surface area contributed by atoms with E-state index in [0.29, 0.717) is 5.56 Å². The van der Waals surface area contributed by atoms with Gasteiger partial charge in [0, 0.05) is 6.92 Å². The summed E-state index contributed by atoms with van der Waals surface area (Å²) < 4.78 is 38.6. The zero-order chi connectivity index (χ0) is 26.9. The minimum Gasteiger partial charge on any atom is -0.459 e. The molecule has 9 heteroatoms. The van der Waals surface area contributed by atoms with Crippen LogP contribution in [0.5, 0.6) is 0 Å². The summed E-state index contributed by atoms with van der Waals surface area (Å²) in [4.78, 5) is 37.4. The van der Waals surface area contributed by atoms with Gasteiger partial charge in [-0.05, 0) is 29.8 Å². The summed E-state index contributed by atoms with van der Waals surface area (Å²) >= 11 is 0. The van der Waals surface area contributed by atoms with Crippen LogP contribution in [0.15, 0.2) is 91.0 Å². The number of carbonyl (C=O) groups excluding carboxylic acids is 3. The molecule has 3 aromatic carbocycles. The number of rotatable bonds is 9. The fraction of sp³-hybridized carbons (Fsp3) is 0.276. The van der Waals surface area contributed by atoms with E-state index < -0.39 is 55.2 Å². The number of alkyl halides is 1. The first-order chi connectivity index (χ1) is 18.4. The Kier molecular flexibility index (Phi) is 9.18. The molecule has 0 radical (unpaired) electrons. The predicted molar refractivity (Wildman–Crippen MR) is 135 cm³/mol. The topological polar surface area (TPSA) is 100 Å². The van der Waals surface area contributed by atoms with E-state index in [0.717, 1.165) is 5.56 Å². The lowest BCUT2D eigenvalue weighted by molar-refractivity contribution is -0.261. The Hall–Kier alpha value is -4.08. The number of hydrogen-bond donors (Lipinski definition) is 1. The zero-order valence-electron chi connectivity index (χ0n) is 20.7. The number of benzene rings is 3. The highest BCUT2D eigenvalue weighted by Gasteiger charge is 2.50. The molecule has 4 rings (SSSR count). The van der Waals surface area contributed by atoms with Crippen LogP contribution in [0.2, 0.25) is 0 Å². The van der Waals surface area contributed by atoms with Crippen molar-refractivity contribution in [2.75, 3.05) is 6.61 Å². The van der Waals surface area contributed by atoms with Crippen molar-refractivity contribution in [2.45, 2.75) is 44.2 Å². The fourth-order valence-corrected chi connectivity index (χ4v) is 4.03. The van der Waals surface area contributed by atoms with E-state index in [-0.39, 0.29) is 12.2 Å². The maximum absolute atomic E-state index is 15.9. The summed E-state index contributed by atoms with van der Waals surface area (Å²) in [6.07, 6.45) is -5.97. The van der Waals surface area contributed by atoms with E-state index >= 15 is 4.39 Å². The van der Waals surface area contributed by atoms with Gasteiger partial charge in [-0.3, -0.25) is 4.79 Å². The molecular weight excluding hydrogens is 493 g/mol. The molecule has 1 aliphatic rings. The second kappa shape index (κ2) is 12.9. The quantitative estimate of drug-likeness (QED) is 0.427. The SMILES string of the molecule is CC(=O)N[C@@H]1[C@@H](OCc2ccccc2)O[C@@H](COC(=O)c2ccccc2)[C@@H](F)[C@@H]1OC(=O)c1ccccc1. The number of hydrogen-bond acceptors (Lipinski definition) is 7. The average Bonchev–Trinajstić information content (AvgIpc) is 2.95. The Balaban J connectivity index is 1.56. The van der Waals surface area contributed by atoms with Crippen LogP contribution in [0.4, 0.5) is 4.39 Å². The van der Waals surface area contributed by atoms with Crippen molar-refractivity contribution in [3.05, 3.63) is 108 Å². The molecule has 0 unspecified atom stereocenters. The maximum atomic E-state index is 15.9. The smallest absolute Gasteiger partial charge is 0.338 e. The van der Waals surface area contributed by atoms with Crippen LogP contribution in [0.25, 0.3) is 0 Å². The molecule has 0 aliphatic carbocycles. The standard InChI is InChI=1S/C29H28FNO7/c1-19(32)31-25-26(38-28(34)22-15-9-4-10-16-22)24(30)23(18-35-27(33)21-13-7-3-8-14-21)37-29(25)36-17-20-11-5-2-6-12-20/h2-16,23-26,29H,17-18H2,1H3,(H,31,32)/t23-,24+,25-,26-,29-/m0/s1. The van der Waals surface area contributed by atoms with Gasteiger partial charge in [0.05, 0.1) is 17.7 Å². The van der Waals surface area contributed by atoms with Crippen LogP contribution in [-0.4, -0.2) is 55.2 Å². The van der Waals surface area contributed by atoms with E-state index in [1.165, 1.54) is 19.1 Å². The van der Waals surface area contributed by atoms with Crippen molar-refractivity contribution in [2.24, 2.45) is 0 Å². The predicted octanol–water partition coefficient (Wildman–Crippen LogP) is 3.85. The molecule has 1 heterocycles. The number of carbonyl (C=O) groups is 3. The number of halogens is 1. The monoisotopic (exact) mass is 521 g/mol. The molecule has 0 aromatic heterocycles. The molecule has 38 heavy (non-hydrogen) atoms. The highest BCUT2D eigenvalue weighted by Crippen LogP contribution is 2.29. The number of ether oxygens (including phenoxy) is 4. The molecule has 3 aromatic rings. The lowest BCUT2D eigenvalue weighted by Gasteiger charge is -2.42. The largest absolute Gasteiger partial charge is 0.459 e. The molecule has 0 spiro atoms. The van der Waals surface area contributed by atoms with Crippen molar-refractivity contribution in [1.29, 1.82) is 0 Å². The number of nitrogens with one attached hydrogen (secondary N) is 1. The molecule has 1 amide bonds. The Morgan fingerprint density at radius 1 is 0.842 bits per heavy atom. The second-order valence-electron chi connectivity index (χ2n) is 8.71. The molecule has 1 saturated heterocycles. The van der Waals surface area contributed by atoms with Gasteiger partial charge in [0.15, 0.2) is 18.6 Å². The number of amides is 1. The summed E-state index contributed by atoms with van der Waals surface area (Å²) in [6.45, 7) is 0.867. The molecule has 1 fully saturated rings. The third-order valence-corrected chi connectivity index (χ3v) is 5.89. The highest BCUT2D eigenvalue weighted by molar-refractivity contribution is 5.90. The van der Waals surface area contributed by atoms with Crippen LogP contribution in [0.1, 0.15) is 33.2 Å². The van der Waals surface area contributed by atoms with Gasteiger partial charge in [0.1, 0.15) is 18.8 Å². The number of esters is 2. The van der Waals surface area contributed by atoms with E-state index in [1.807, 2.05) is 30.3 Å². The van der Waals surface area contributed by atoms with Gasteiger partial charge in [0.25, 0.3) is 0 Å². The van der Waals surface area contributed by atoms with Gasteiger partial charge >= 0.3 is 11.9 Å². The third kappa shape index (κ3) is 7.02. The summed E-state index contributed by atoms with van der Waals surface area (Å²) in [5.41, 5.74) is 1.31. The Bertz CT molecular complexity index is 1210. The van der Waals surface area contributed by atoms with Gasteiger partial charge < -0.3 is 24.3 Å². The van der Waals surface area contributed by atoms with Gasteiger partial charge in [-0.1, -0.05) is 66.7 Å². The van der Waals surface area contributed by atoms with E-state index in [2.05, 4.69) is 5.32 Å². The van der Waals surface area contributed by atoms with Crippen molar-refractivity contribution in [3.63, 3.8) is 0 Å². The van der Waals surface area contributed by atoms with Crippen molar-refractivity contribution < 1.29 is 37.7 Å². The van der Waals surface area contributed by atoms with Crippen molar-refractivity contribution >= 4 is 17.8 Å². The molecule has 1 aliphatic heterocycles. The van der Waals surface area contributed by atoms with Crippen molar-refractivity contribution in [1.82, 2.24) is 5.32 Å². The molecule has 5 atom stereocenters. The molecular formula is C29H28FNO7. The minimum absolute atomic E-state index is 0.0778. The van der Waals surface area contributed by atoms with E-state index in [4.69, 9.17) is 18.9 Å².